The van der Waals surface area contributed by atoms with Crippen LogP contribution in [-0.2, 0) is 13.2 Å². The van der Waals surface area contributed by atoms with E-state index < -0.39 is 0 Å². The molecule has 0 atom stereocenters. The SMILES string of the molecule is Cc1ccc(OCc2occc2C(=O)N(C)Cc2cc(=O)[nH]c3ccccc23)cc1. The van der Waals surface area contributed by atoms with Crippen molar-refractivity contribution >= 4 is 16.8 Å². The van der Waals surface area contributed by atoms with Gasteiger partial charge in [0.2, 0.25) is 5.56 Å². The summed E-state index contributed by atoms with van der Waals surface area (Å²) in [6.45, 7) is 2.46. The number of carbonyl (C=O) groups excluding carboxylic acids is 1. The number of aryl methyl sites for hydroxylation is 1. The van der Waals surface area contributed by atoms with Crippen LogP contribution in [0.4, 0.5) is 0 Å². The van der Waals surface area contributed by atoms with Gasteiger partial charge in [-0.2, -0.15) is 0 Å². The highest BCUT2D eigenvalue weighted by molar-refractivity contribution is 5.95. The lowest BCUT2D eigenvalue weighted by Gasteiger charge is -2.18. The van der Waals surface area contributed by atoms with Crippen LogP contribution in [0, 0.1) is 6.92 Å². The molecule has 4 aromatic rings. The molecular weight excluding hydrogens is 380 g/mol. The Morgan fingerprint density at radius 1 is 1.10 bits per heavy atom. The highest BCUT2D eigenvalue weighted by Crippen LogP contribution is 2.20. The minimum absolute atomic E-state index is 0.152. The number of fused-ring (bicyclic) bond motifs is 1. The van der Waals surface area contributed by atoms with E-state index >= 15 is 0 Å². The normalized spacial score (nSPS) is 10.9. The Morgan fingerprint density at radius 2 is 1.87 bits per heavy atom. The van der Waals surface area contributed by atoms with E-state index in [9.17, 15) is 9.59 Å². The number of H-pyrrole nitrogens is 1. The van der Waals surface area contributed by atoms with Gasteiger partial charge in [0.1, 0.15) is 12.4 Å². The van der Waals surface area contributed by atoms with E-state index in [-0.39, 0.29) is 18.1 Å². The molecule has 1 amide bonds. The lowest BCUT2D eigenvalue weighted by molar-refractivity contribution is 0.0780. The van der Waals surface area contributed by atoms with Gasteiger partial charge in [0.05, 0.1) is 11.8 Å². The van der Waals surface area contributed by atoms with Gasteiger partial charge in [-0.1, -0.05) is 35.9 Å². The van der Waals surface area contributed by atoms with Gasteiger partial charge >= 0.3 is 0 Å². The molecule has 152 valence electrons. The molecule has 6 nitrogen and oxygen atoms in total. The summed E-state index contributed by atoms with van der Waals surface area (Å²) in [6.07, 6.45) is 1.48. The molecular formula is C24H22N2O4. The molecule has 2 aromatic carbocycles. The molecule has 0 aliphatic carbocycles. The van der Waals surface area contributed by atoms with Crippen molar-refractivity contribution in [2.24, 2.45) is 0 Å². The van der Waals surface area contributed by atoms with Gasteiger partial charge < -0.3 is 19.0 Å². The van der Waals surface area contributed by atoms with Crippen LogP contribution < -0.4 is 10.3 Å². The number of rotatable bonds is 6. The van der Waals surface area contributed by atoms with Gasteiger partial charge in [-0.25, -0.2) is 0 Å². The Bertz CT molecular complexity index is 1240. The van der Waals surface area contributed by atoms with Crippen molar-refractivity contribution < 1.29 is 13.9 Å². The maximum Gasteiger partial charge on any atom is 0.257 e. The number of benzene rings is 2. The maximum atomic E-state index is 13.0. The first kappa shape index (κ1) is 19.5. The molecule has 0 bridgehead atoms. The van der Waals surface area contributed by atoms with Gasteiger partial charge in [-0.05, 0) is 36.8 Å². The number of aromatic amines is 1. The first-order chi connectivity index (χ1) is 14.5. The van der Waals surface area contributed by atoms with E-state index in [0.29, 0.717) is 23.6 Å². The van der Waals surface area contributed by atoms with Crippen molar-refractivity contribution in [3.8, 4) is 5.75 Å². The second-order valence-electron chi connectivity index (χ2n) is 7.22. The van der Waals surface area contributed by atoms with Crippen LogP contribution in [0.2, 0.25) is 0 Å². The Kier molecular flexibility index (Phi) is 5.39. The summed E-state index contributed by atoms with van der Waals surface area (Å²) in [4.78, 5) is 29.4. The summed E-state index contributed by atoms with van der Waals surface area (Å²) in [5.74, 6) is 0.970. The number of amides is 1. The summed E-state index contributed by atoms with van der Waals surface area (Å²) in [5, 5.41) is 0.909. The minimum Gasteiger partial charge on any atom is -0.486 e. The van der Waals surface area contributed by atoms with Crippen molar-refractivity contribution in [1.29, 1.82) is 0 Å². The first-order valence-corrected chi connectivity index (χ1v) is 9.63. The first-order valence-electron chi connectivity index (χ1n) is 9.63. The number of hydrogen-bond donors (Lipinski definition) is 1. The molecule has 6 heteroatoms. The predicted octanol–water partition coefficient (Wildman–Crippen LogP) is 4.28. The predicted molar refractivity (Wildman–Crippen MR) is 115 cm³/mol. The molecule has 2 aromatic heterocycles. The number of carbonyl (C=O) groups is 1. The van der Waals surface area contributed by atoms with Crippen LogP contribution in [0.15, 0.2) is 76.1 Å². The summed E-state index contributed by atoms with van der Waals surface area (Å²) >= 11 is 0. The number of aromatic nitrogens is 1. The zero-order chi connectivity index (χ0) is 21.1. The Labute approximate surface area is 173 Å². The molecule has 0 spiro atoms. The second kappa shape index (κ2) is 8.29. The number of furan rings is 1. The largest absolute Gasteiger partial charge is 0.486 e. The molecule has 0 saturated heterocycles. The van der Waals surface area contributed by atoms with E-state index in [0.717, 1.165) is 22.0 Å². The summed E-state index contributed by atoms with van der Waals surface area (Å²) in [5.41, 5.74) is 2.92. The van der Waals surface area contributed by atoms with Crippen LogP contribution in [0.3, 0.4) is 0 Å². The summed E-state index contributed by atoms with van der Waals surface area (Å²) in [7, 11) is 1.70. The lowest BCUT2D eigenvalue weighted by Crippen LogP contribution is -2.27. The van der Waals surface area contributed by atoms with Crippen molar-refractivity contribution in [3.63, 3.8) is 0 Å². The molecule has 0 radical (unpaired) electrons. The topological polar surface area (TPSA) is 75.5 Å². The molecule has 30 heavy (non-hydrogen) atoms. The molecule has 1 N–H and O–H groups in total. The minimum atomic E-state index is -0.199. The second-order valence-corrected chi connectivity index (χ2v) is 7.22. The van der Waals surface area contributed by atoms with Gasteiger partial charge in [-0.15, -0.1) is 0 Å². The zero-order valence-corrected chi connectivity index (χ0v) is 16.8. The van der Waals surface area contributed by atoms with Crippen molar-refractivity contribution in [2.75, 3.05) is 7.05 Å². The maximum absolute atomic E-state index is 13.0. The van der Waals surface area contributed by atoms with Crippen molar-refractivity contribution in [1.82, 2.24) is 9.88 Å². The summed E-state index contributed by atoms with van der Waals surface area (Å²) < 4.78 is 11.3. The van der Waals surface area contributed by atoms with E-state index in [2.05, 4.69) is 4.98 Å². The third-order valence-electron chi connectivity index (χ3n) is 4.96. The number of nitrogens with zero attached hydrogens (tertiary/aromatic N) is 1. The van der Waals surface area contributed by atoms with Crippen LogP contribution in [0.5, 0.6) is 5.75 Å². The van der Waals surface area contributed by atoms with Gasteiger partial charge in [0, 0.05) is 30.6 Å². The van der Waals surface area contributed by atoms with Crippen LogP contribution >= 0.6 is 0 Å². The number of para-hydroxylation sites is 1. The van der Waals surface area contributed by atoms with E-state index in [1.54, 1.807) is 18.0 Å². The number of hydrogen-bond acceptors (Lipinski definition) is 4. The zero-order valence-electron chi connectivity index (χ0n) is 16.8. The standard InChI is InChI=1S/C24H22N2O4/c1-16-7-9-18(10-8-16)30-15-22-20(11-12-29-22)24(28)26(2)14-17-13-23(27)25-21-6-4-3-5-19(17)21/h3-13H,14-15H2,1-2H3,(H,25,27). The smallest absolute Gasteiger partial charge is 0.257 e. The van der Waals surface area contributed by atoms with Crippen molar-refractivity contribution in [3.05, 3.63) is 99.7 Å². The highest BCUT2D eigenvalue weighted by atomic mass is 16.5. The van der Waals surface area contributed by atoms with Crippen LogP contribution in [0.25, 0.3) is 10.9 Å². The quantitative estimate of drug-likeness (QED) is 0.522. The molecule has 0 aliphatic rings. The fourth-order valence-corrected chi connectivity index (χ4v) is 3.37. The Hall–Kier alpha value is -3.80. The fraction of sp³-hybridized carbons (Fsp3) is 0.167. The number of nitrogens with one attached hydrogen (secondary N) is 1. The van der Waals surface area contributed by atoms with E-state index in [1.165, 1.54) is 12.3 Å². The Morgan fingerprint density at radius 3 is 2.67 bits per heavy atom. The lowest BCUT2D eigenvalue weighted by atomic mass is 10.1. The van der Waals surface area contributed by atoms with Crippen LogP contribution in [0.1, 0.15) is 27.2 Å². The van der Waals surface area contributed by atoms with E-state index in [4.69, 9.17) is 9.15 Å². The van der Waals surface area contributed by atoms with Gasteiger partial charge in [0.25, 0.3) is 5.91 Å². The molecule has 2 heterocycles. The van der Waals surface area contributed by atoms with Gasteiger partial charge in [0.15, 0.2) is 5.76 Å². The molecule has 0 unspecified atom stereocenters. The molecule has 0 fully saturated rings. The van der Waals surface area contributed by atoms with Crippen LogP contribution in [-0.4, -0.2) is 22.8 Å². The highest BCUT2D eigenvalue weighted by Gasteiger charge is 2.20. The fourth-order valence-electron chi connectivity index (χ4n) is 3.37. The Balaban J connectivity index is 1.51. The number of pyridine rings is 1. The molecule has 0 aliphatic heterocycles. The number of ether oxygens (including phenoxy) is 1. The molecule has 4 rings (SSSR count). The average Bonchev–Trinajstić information content (AvgIpc) is 3.21. The van der Waals surface area contributed by atoms with Gasteiger partial charge in [-0.3, -0.25) is 9.59 Å². The molecule has 0 saturated carbocycles. The monoisotopic (exact) mass is 402 g/mol. The average molecular weight is 402 g/mol. The third kappa shape index (κ3) is 4.12. The summed E-state index contributed by atoms with van der Waals surface area (Å²) in [6, 6.07) is 18.4. The third-order valence-corrected chi connectivity index (χ3v) is 4.96. The van der Waals surface area contributed by atoms with E-state index in [1.807, 2.05) is 55.5 Å². The van der Waals surface area contributed by atoms with Crippen molar-refractivity contribution in [2.45, 2.75) is 20.1 Å².